The fourth-order valence-electron chi connectivity index (χ4n) is 1.20. The Morgan fingerprint density at radius 1 is 1.22 bits per heavy atom. The summed E-state index contributed by atoms with van der Waals surface area (Å²) in [6.07, 6.45) is 0.594. The molecule has 0 aliphatic heterocycles. The molecule has 0 spiro atoms. The van der Waals surface area contributed by atoms with Crippen LogP contribution in [0.3, 0.4) is 0 Å². The summed E-state index contributed by atoms with van der Waals surface area (Å²) in [6, 6.07) is 0.548. The second-order valence-electron chi connectivity index (χ2n) is 3.66. The van der Waals surface area contributed by atoms with Crippen molar-refractivity contribution in [1.82, 2.24) is 0 Å². The summed E-state index contributed by atoms with van der Waals surface area (Å²) in [5.41, 5.74) is 0.382. The largest absolute Gasteiger partial charge is 0.502 e. The van der Waals surface area contributed by atoms with Gasteiger partial charge >= 0.3 is 14.8 Å². The van der Waals surface area contributed by atoms with Gasteiger partial charge in [0.15, 0.2) is 0 Å². The van der Waals surface area contributed by atoms with Gasteiger partial charge in [0.25, 0.3) is 0 Å². The molecule has 0 aliphatic rings. The van der Waals surface area contributed by atoms with Crippen LogP contribution in [0.4, 0.5) is 0 Å². The van der Waals surface area contributed by atoms with Crippen molar-refractivity contribution in [2.45, 2.75) is 19.4 Å². The molecule has 0 radical (unpaired) electrons. The van der Waals surface area contributed by atoms with Crippen LogP contribution in [-0.4, -0.2) is 49.5 Å². The van der Waals surface area contributed by atoms with Gasteiger partial charge in [0.1, 0.15) is 6.79 Å². The second-order valence-corrected chi connectivity index (χ2v) is 6.63. The first kappa shape index (κ1) is 17.3. The first-order chi connectivity index (χ1) is 8.51. The quantitative estimate of drug-likeness (QED) is 0.198. The molecule has 7 heteroatoms. The lowest BCUT2D eigenvalue weighted by molar-refractivity contribution is -0.139. The van der Waals surface area contributed by atoms with Gasteiger partial charge in [-0.3, -0.25) is 0 Å². The Bertz CT molecular complexity index is 264. The molecular weight excluding hydrogens is 256 g/mol. The van der Waals surface area contributed by atoms with Gasteiger partial charge in [0.2, 0.25) is 0 Å². The highest BCUT2D eigenvalue weighted by Gasteiger charge is 2.38. The molecule has 0 unspecified atom stereocenters. The number of rotatable bonds is 10. The maximum absolute atomic E-state index is 11.2. The van der Waals surface area contributed by atoms with Crippen LogP contribution in [0.15, 0.2) is 12.2 Å². The van der Waals surface area contributed by atoms with E-state index in [-0.39, 0.29) is 13.4 Å². The van der Waals surface area contributed by atoms with Crippen molar-refractivity contribution in [2.75, 3.05) is 34.7 Å². The van der Waals surface area contributed by atoms with Gasteiger partial charge in [-0.05, 0) is 13.3 Å². The zero-order valence-electron chi connectivity index (χ0n) is 11.5. The molecular formula is C11H22O6Si. The van der Waals surface area contributed by atoms with Gasteiger partial charge in [-0.25, -0.2) is 4.79 Å². The van der Waals surface area contributed by atoms with Crippen LogP contribution >= 0.6 is 0 Å². The van der Waals surface area contributed by atoms with Crippen molar-refractivity contribution in [1.29, 1.82) is 0 Å². The minimum Gasteiger partial charge on any atom is -0.462 e. The van der Waals surface area contributed by atoms with Crippen LogP contribution in [0, 0.1) is 0 Å². The van der Waals surface area contributed by atoms with E-state index >= 15 is 0 Å². The molecule has 0 aliphatic carbocycles. The lowest BCUT2D eigenvalue weighted by Crippen LogP contribution is -2.44. The third kappa shape index (κ3) is 6.27. The Morgan fingerprint density at radius 2 is 1.83 bits per heavy atom. The summed E-state index contributed by atoms with van der Waals surface area (Å²) in [7, 11) is 1.89. The molecule has 0 heterocycles. The molecule has 0 bridgehead atoms. The van der Waals surface area contributed by atoms with E-state index in [1.54, 1.807) is 6.92 Å². The molecule has 0 saturated carbocycles. The van der Waals surface area contributed by atoms with Crippen molar-refractivity contribution < 1.29 is 27.5 Å². The van der Waals surface area contributed by atoms with E-state index in [1.807, 2.05) is 0 Å². The van der Waals surface area contributed by atoms with E-state index in [0.717, 1.165) is 0 Å². The standard InChI is InChI=1S/C11H22O6Si/c1-10(2)11(12)16-7-6-8-18(14-4,15-5)17-9-13-3/h1,6-9H2,2-5H3. The van der Waals surface area contributed by atoms with E-state index in [0.29, 0.717) is 18.0 Å². The topological polar surface area (TPSA) is 63.2 Å². The van der Waals surface area contributed by atoms with Crippen molar-refractivity contribution in [3.63, 3.8) is 0 Å². The van der Waals surface area contributed by atoms with Crippen molar-refractivity contribution in [3.8, 4) is 0 Å². The van der Waals surface area contributed by atoms with Gasteiger partial charge in [-0.2, -0.15) is 0 Å². The van der Waals surface area contributed by atoms with Crippen LogP contribution in [0.25, 0.3) is 0 Å². The van der Waals surface area contributed by atoms with E-state index in [9.17, 15) is 4.79 Å². The van der Waals surface area contributed by atoms with E-state index in [4.69, 9.17) is 22.8 Å². The predicted molar refractivity (Wildman–Crippen MR) is 67.9 cm³/mol. The fraction of sp³-hybridized carbons (Fsp3) is 0.727. The average molecular weight is 278 g/mol. The molecule has 0 atom stereocenters. The molecule has 106 valence electrons. The minimum atomic E-state index is -2.70. The second kappa shape index (κ2) is 9.23. The normalized spacial score (nSPS) is 11.3. The van der Waals surface area contributed by atoms with Gasteiger partial charge < -0.3 is 22.8 Å². The zero-order valence-corrected chi connectivity index (χ0v) is 12.5. The summed E-state index contributed by atoms with van der Waals surface area (Å²) >= 11 is 0. The number of methoxy groups -OCH3 is 1. The first-order valence-corrected chi connectivity index (χ1v) is 7.50. The Morgan fingerprint density at radius 3 is 2.28 bits per heavy atom. The Labute approximate surface area is 109 Å². The SMILES string of the molecule is C=C(C)C(=O)OCCC[Si](OC)(OC)OCOC. The summed E-state index contributed by atoms with van der Waals surface area (Å²) in [4.78, 5) is 11.2. The van der Waals surface area contributed by atoms with Crippen molar-refractivity contribution in [2.24, 2.45) is 0 Å². The molecule has 0 aromatic rings. The molecule has 0 saturated heterocycles. The number of carbonyl (C=O) groups is 1. The van der Waals surface area contributed by atoms with Gasteiger partial charge in [0, 0.05) is 32.9 Å². The summed E-state index contributed by atoms with van der Waals surface area (Å²) in [5.74, 6) is -0.394. The summed E-state index contributed by atoms with van der Waals surface area (Å²) < 4.78 is 25.9. The molecule has 0 N–H and O–H groups in total. The number of ether oxygens (including phenoxy) is 2. The van der Waals surface area contributed by atoms with Crippen LogP contribution in [0.2, 0.25) is 6.04 Å². The number of esters is 1. The average Bonchev–Trinajstić information content (AvgIpc) is 2.38. The molecule has 0 aromatic carbocycles. The van der Waals surface area contributed by atoms with E-state index in [2.05, 4.69) is 6.58 Å². The zero-order chi connectivity index (χ0) is 14.0. The first-order valence-electron chi connectivity index (χ1n) is 5.57. The van der Waals surface area contributed by atoms with Gasteiger partial charge in [-0.15, -0.1) is 0 Å². The maximum Gasteiger partial charge on any atom is 0.502 e. The molecule has 18 heavy (non-hydrogen) atoms. The summed E-state index contributed by atoms with van der Waals surface area (Å²) in [6.45, 7) is 5.50. The number of hydrogen-bond donors (Lipinski definition) is 0. The number of carbonyl (C=O) groups excluding carboxylic acids is 1. The maximum atomic E-state index is 11.2. The Balaban J connectivity index is 4.04. The third-order valence-electron chi connectivity index (χ3n) is 2.23. The molecule has 0 fully saturated rings. The minimum absolute atomic E-state index is 0.111. The smallest absolute Gasteiger partial charge is 0.462 e. The monoisotopic (exact) mass is 278 g/mol. The van der Waals surface area contributed by atoms with Gasteiger partial charge in [-0.1, -0.05) is 6.58 Å². The lowest BCUT2D eigenvalue weighted by atomic mass is 10.4. The van der Waals surface area contributed by atoms with E-state index in [1.165, 1.54) is 21.3 Å². The van der Waals surface area contributed by atoms with Crippen LogP contribution < -0.4 is 0 Å². The van der Waals surface area contributed by atoms with Crippen molar-refractivity contribution >= 4 is 14.8 Å². The van der Waals surface area contributed by atoms with Crippen molar-refractivity contribution in [3.05, 3.63) is 12.2 Å². The Kier molecular flexibility index (Phi) is 8.85. The van der Waals surface area contributed by atoms with Crippen LogP contribution in [0.1, 0.15) is 13.3 Å². The third-order valence-corrected chi connectivity index (χ3v) is 5.00. The van der Waals surface area contributed by atoms with Crippen LogP contribution in [-0.2, 0) is 27.5 Å². The van der Waals surface area contributed by atoms with Gasteiger partial charge in [0.05, 0.1) is 6.61 Å². The van der Waals surface area contributed by atoms with E-state index < -0.39 is 14.8 Å². The molecule has 0 amide bonds. The number of hydrogen-bond acceptors (Lipinski definition) is 6. The van der Waals surface area contributed by atoms with Crippen LogP contribution in [0.5, 0.6) is 0 Å². The molecule has 6 nitrogen and oxygen atoms in total. The Hall–Kier alpha value is -0.733. The highest BCUT2D eigenvalue weighted by atomic mass is 28.4. The highest BCUT2D eigenvalue weighted by Crippen LogP contribution is 2.16. The predicted octanol–water partition coefficient (Wildman–Crippen LogP) is 1.35. The highest BCUT2D eigenvalue weighted by molar-refractivity contribution is 6.60. The molecule has 0 aromatic heterocycles. The molecule has 0 rings (SSSR count). The lowest BCUT2D eigenvalue weighted by Gasteiger charge is -2.25. The summed E-state index contributed by atoms with van der Waals surface area (Å²) in [5, 5.41) is 0. The fourth-order valence-corrected chi connectivity index (χ4v) is 3.03.